The Morgan fingerprint density at radius 3 is 1.09 bits per heavy atom. The molecular formula is C49H48N4O4. The summed E-state index contributed by atoms with van der Waals surface area (Å²) in [7, 11) is 0. The second kappa shape index (κ2) is 13.4. The number of rotatable bonds is 6. The van der Waals surface area contributed by atoms with Crippen LogP contribution in [0.3, 0.4) is 0 Å². The van der Waals surface area contributed by atoms with Crippen molar-refractivity contribution in [2.45, 2.75) is 56.3 Å². The fourth-order valence-electron chi connectivity index (χ4n) is 8.69. The molecule has 8 nitrogen and oxygen atoms in total. The van der Waals surface area contributed by atoms with Gasteiger partial charge in [0, 0.05) is 45.6 Å². The first-order valence-corrected chi connectivity index (χ1v) is 19.1. The second-order valence-corrected chi connectivity index (χ2v) is 16.0. The van der Waals surface area contributed by atoms with E-state index < -0.39 is 21.7 Å². The maximum atomic E-state index is 10.8. The summed E-state index contributed by atoms with van der Waals surface area (Å²) in [6.07, 6.45) is 5.35. The molecule has 0 saturated heterocycles. The Balaban J connectivity index is 1.46. The van der Waals surface area contributed by atoms with E-state index in [9.17, 15) is 20.4 Å². The first-order valence-electron chi connectivity index (χ1n) is 19.1. The minimum Gasteiger partial charge on any atom is -0.513 e. The third-order valence-electron chi connectivity index (χ3n) is 12.6. The lowest BCUT2D eigenvalue weighted by Crippen LogP contribution is -2.32. The average molecular weight is 757 g/mol. The number of fused-ring (bicyclic) bond motifs is 8. The van der Waals surface area contributed by atoms with Gasteiger partial charge in [0.2, 0.25) is 0 Å². The van der Waals surface area contributed by atoms with Crippen LogP contribution in [0.2, 0.25) is 0 Å². The maximum absolute atomic E-state index is 10.8. The normalized spacial score (nSPS) is 23.5. The summed E-state index contributed by atoms with van der Waals surface area (Å²) in [5.41, 5.74) is 7.22. The van der Waals surface area contributed by atoms with Crippen LogP contribution in [0.15, 0.2) is 157 Å². The molecule has 2 unspecified atom stereocenters. The number of phenolic OH excluding ortho intramolecular Hbond substituents is 3. The number of aliphatic hydroxyl groups is 1. The number of aliphatic hydroxyl groups excluding tert-OH is 1. The Morgan fingerprint density at radius 2 is 0.789 bits per heavy atom. The van der Waals surface area contributed by atoms with Crippen molar-refractivity contribution in [1.82, 2.24) is 19.9 Å². The molecule has 1 aliphatic rings. The molecule has 0 aliphatic carbocycles. The predicted octanol–water partition coefficient (Wildman–Crippen LogP) is 10.4. The maximum Gasteiger partial charge on any atom is 0.115 e. The molecule has 288 valence electrons. The first kappa shape index (κ1) is 37.1. The van der Waals surface area contributed by atoms with E-state index in [2.05, 4.69) is 103 Å². The quantitative estimate of drug-likeness (QED) is 0.0631. The Hall–Kier alpha value is -6.80. The summed E-state index contributed by atoms with van der Waals surface area (Å²) in [6, 6.07) is 38.8. The van der Waals surface area contributed by atoms with Crippen LogP contribution in [0.5, 0.6) is 17.2 Å². The van der Waals surface area contributed by atoms with Crippen molar-refractivity contribution < 1.29 is 20.4 Å². The van der Waals surface area contributed by atoms with Gasteiger partial charge in [0.1, 0.15) is 17.2 Å². The lowest BCUT2D eigenvalue weighted by molar-refractivity contribution is 0.414. The standard InChI is InChI=1S/C49H48N4O4/c1-30(11-7-12-31(2)54)46(3)38-19-21-40(50-38)47(4,32-13-8-16-35(55)27-32)42-23-25-44(52-42)49(6,34-15-10-18-37(57)29-34)45-26-24-43(53-45)48(5,41-22-20-39(46)51-41)33-14-9-17-36(56)28-33/h7-29,50-57H,1H2,2-6H3/b11-7-,31-12+/t46?,47-,48+,49?. The highest BCUT2D eigenvalue weighted by molar-refractivity contribution is 5.57. The monoisotopic (exact) mass is 756 g/mol. The molecule has 3 aromatic carbocycles. The lowest BCUT2D eigenvalue weighted by Gasteiger charge is -2.34. The number of aromatic nitrogens is 4. The number of H-pyrrole nitrogens is 4. The summed E-state index contributed by atoms with van der Waals surface area (Å²) >= 11 is 0. The van der Waals surface area contributed by atoms with Crippen LogP contribution < -0.4 is 0 Å². The van der Waals surface area contributed by atoms with Gasteiger partial charge in [-0.25, -0.2) is 0 Å². The zero-order valence-corrected chi connectivity index (χ0v) is 32.8. The molecule has 57 heavy (non-hydrogen) atoms. The second-order valence-electron chi connectivity index (χ2n) is 16.0. The van der Waals surface area contributed by atoms with Crippen LogP contribution in [0, 0.1) is 0 Å². The minimum absolute atomic E-state index is 0.159. The summed E-state index contributed by atoms with van der Waals surface area (Å²) in [5.74, 6) is 0.666. The predicted molar refractivity (Wildman–Crippen MR) is 225 cm³/mol. The van der Waals surface area contributed by atoms with Crippen molar-refractivity contribution in [1.29, 1.82) is 0 Å². The van der Waals surface area contributed by atoms with Crippen LogP contribution in [0.25, 0.3) is 0 Å². The van der Waals surface area contributed by atoms with Crippen molar-refractivity contribution in [2.24, 2.45) is 0 Å². The third-order valence-corrected chi connectivity index (χ3v) is 12.6. The number of phenols is 3. The van der Waals surface area contributed by atoms with E-state index >= 15 is 0 Å². The Bertz CT molecular complexity index is 2560. The summed E-state index contributed by atoms with van der Waals surface area (Å²) in [5, 5.41) is 42.4. The van der Waals surface area contributed by atoms with Gasteiger partial charge in [-0.3, -0.25) is 0 Å². The summed E-state index contributed by atoms with van der Waals surface area (Å²) in [6.45, 7) is 14.8. The van der Waals surface area contributed by atoms with Crippen LogP contribution in [0.4, 0.5) is 0 Å². The number of nitrogens with one attached hydrogen (secondary N) is 4. The van der Waals surface area contributed by atoms with E-state index in [0.29, 0.717) is 0 Å². The van der Waals surface area contributed by atoms with E-state index in [0.717, 1.165) is 67.8 Å². The average Bonchev–Trinajstić information content (AvgIpc) is 4.04. The van der Waals surface area contributed by atoms with Gasteiger partial charge in [0.25, 0.3) is 0 Å². The lowest BCUT2D eigenvalue weighted by atomic mass is 9.76. The topological polar surface area (TPSA) is 144 Å². The smallest absolute Gasteiger partial charge is 0.115 e. The van der Waals surface area contributed by atoms with Gasteiger partial charge >= 0.3 is 0 Å². The summed E-state index contributed by atoms with van der Waals surface area (Å²) in [4.78, 5) is 15.4. The Morgan fingerprint density at radius 1 is 0.491 bits per heavy atom. The van der Waals surface area contributed by atoms with E-state index in [4.69, 9.17) is 0 Å². The highest BCUT2D eigenvalue weighted by Crippen LogP contribution is 2.48. The molecule has 8 bridgehead atoms. The molecule has 0 fully saturated rings. The van der Waals surface area contributed by atoms with E-state index in [1.54, 1.807) is 55.5 Å². The SMILES string of the molecule is C=C(/C=C\C=C(/C)O)C1(C)c2ccc([nH]2)[C@](C)(c2cccc(O)c2)c2ccc([nH]2)C(C)(c2cccc(O)c2)c2ccc([nH]2)[C@](C)(c2cccc(O)c2)c2ccc1[nH]2. The third kappa shape index (κ3) is 5.82. The van der Waals surface area contributed by atoms with Gasteiger partial charge in [-0.05, 0) is 148 Å². The molecule has 8 N–H and O–H groups in total. The number of allylic oxidation sites excluding steroid dienone is 5. The van der Waals surface area contributed by atoms with Gasteiger partial charge in [-0.15, -0.1) is 0 Å². The number of hydrogen-bond acceptors (Lipinski definition) is 4. The number of benzene rings is 3. The Labute approximate surface area is 332 Å². The van der Waals surface area contributed by atoms with Crippen LogP contribution in [-0.4, -0.2) is 40.4 Å². The minimum atomic E-state index is -0.823. The largest absolute Gasteiger partial charge is 0.513 e. The first-order chi connectivity index (χ1) is 27.2. The fourth-order valence-corrected chi connectivity index (χ4v) is 8.69. The van der Waals surface area contributed by atoms with Crippen molar-refractivity contribution in [3.63, 3.8) is 0 Å². The zero-order chi connectivity index (χ0) is 40.3. The van der Waals surface area contributed by atoms with Crippen molar-refractivity contribution >= 4 is 0 Å². The number of aromatic amines is 4. The molecule has 0 spiro atoms. The van der Waals surface area contributed by atoms with Gasteiger partial charge in [-0.1, -0.05) is 55.1 Å². The molecule has 8 heteroatoms. The molecule has 8 rings (SSSR count). The molecule has 0 radical (unpaired) electrons. The molecule has 7 aromatic rings. The molecule has 4 atom stereocenters. The van der Waals surface area contributed by atoms with Crippen molar-refractivity contribution in [3.8, 4) is 17.2 Å². The fraction of sp³-hybridized carbons (Fsp3) is 0.184. The van der Waals surface area contributed by atoms with Crippen LogP contribution >= 0.6 is 0 Å². The molecule has 5 heterocycles. The summed E-state index contributed by atoms with van der Waals surface area (Å²) < 4.78 is 0. The van der Waals surface area contributed by atoms with Crippen LogP contribution in [-0.2, 0) is 21.7 Å². The highest BCUT2D eigenvalue weighted by Gasteiger charge is 2.43. The molecule has 4 aromatic heterocycles. The van der Waals surface area contributed by atoms with Crippen molar-refractivity contribution in [3.05, 3.63) is 220 Å². The highest BCUT2D eigenvalue weighted by atomic mass is 16.3. The van der Waals surface area contributed by atoms with E-state index in [-0.39, 0.29) is 23.0 Å². The molecule has 1 aliphatic heterocycles. The molecule has 0 saturated carbocycles. The molecular weight excluding hydrogens is 709 g/mol. The number of hydrogen-bond donors (Lipinski definition) is 8. The van der Waals surface area contributed by atoms with Gasteiger partial charge < -0.3 is 40.4 Å². The van der Waals surface area contributed by atoms with Crippen molar-refractivity contribution in [2.75, 3.05) is 0 Å². The zero-order valence-electron chi connectivity index (χ0n) is 32.8. The number of aromatic hydroxyl groups is 3. The van der Waals surface area contributed by atoms with Gasteiger partial charge in [0.05, 0.1) is 27.4 Å². The van der Waals surface area contributed by atoms with E-state index in [1.165, 1.54) is 0 Å². The van der Waals surface area contributed by atoms with Crippen LogP contribution in [0.1, 0.15) is 96.9 Å². The molecule has 0 amide bonds. The van der Waals surface area contributed by atoms with E-state index in [1.807, 2.05) is 42.5 Å². The Kier molecular flexibility index (Phi) is 8.76. The van der Waals surface area contributed by atoms with Gasteiger partial charge in [-0.2, -0.15) is 0 Å². The van der Waals surface area contributed by atoms with Gasteiger partial charge in [0.15, 0.2) is 0 Å².